The van der Waals surface area contributed by atoms with E-state index in [0.717, 1.165) is 0 Å². The fourth-order valence-electron chi connectivity index (χ4n) is 2.23. The van der Waals surface area contributed by atoms with E-state index in [1.807, 2.05) is 6.92 Å². The van der Waals surface area contributed by atoms with Crippen LogP contribution in [0.5, 0.6) is 17.2 Å². The van der Waals surface area contributed by atoms with Gasteiger partial charge in [0.2, 0.25) is 6.79 Å². The first-order chi connectivity index (χ1) is 11.0. The van der Waals surface area contributed by atoms with Crippen molar-refractivity contribution in [2.24, 2.45) is 0 Å². The Kier molecular flexibility index (Phi) is 3.91. The number of nitrogens with zero attached hydrogens (tertiary/aromatic N) is 1. The van der Waals surface area contributed by atoms with E-state index in [1.54, 1.807) is 12.1 Å². The van der Waals surface area contributed by atoms with E-state index in [1.165, 1.54) is 18.0 Å². The molecule has 1 N–H and O–H groups in total. The van der Waals surface area contributed by atoms with Gasteiger partial charge in [0.15, 0.2) is 16.6 Å². The number of carbonyl (C=O) groups is 2. The molecule has 0 atom stereocenters. The molecule has 120 valence electrons. The number of carbonyl (C=O) groups excluding carboxylic acids is 2. The van der Waals surface area contributed by atoms with Gasteiger partial charge in [-0.25, -0.2) is 0 Å². The molecule has 2 aliphatic heterocycles. The van der Waals surface area contributed by atoms with E-state index in [2.05, 4.69) is 5.32 Å². The molecule has 0 bridgehead atoms. The molecule has 2 amide bonds. The van der Waals surface area contributed by atoms with Gasteiger partial charge in [-0.1, -0.05) is 0 Å². The van der Waals surface area contributed by atoms with Crippen molar-refractivity contribution in [3.8, 4) is 17.2 Å². The van der Waals surface area contributed by atoms with E-state index in [4.69, 9.17) is 26.4 Å². The standard InChI is InChI=1S/C15H14N2O5S/c1-3-20-10-6-12-11(21-7-22-12)5-8(10)4-9-13(18)16-15(23)17(2)14(9)19/h4-6H,3,7H2,1-2H3,(H,16,18,23). The highest BCUT2D eigenvalue weighted by Crippen LogP contribution is 2.39. The van der Waals surface area contributed by atoms with Gasteiger partial charge in [0.25, 0.3) is 11.8 Å². The number of ether oxygens (including phenoxy) is 3. The van der Waals surface area contributed by atoms with Gasteiger partial charge in [-0.2, -0.15) is 0 Å². The predicted octanol–water partition coefficient (Wildman–Crippen LogP) is 1.07. The molecule has 2 heterocycles. The molecule has 1 aromatic rings. The Bertz CT molecular complexity index is 744. The monoisotopic (exact) mass is 334 g/mol. The van der Waals surface area contributed by atoms with Crippen LogP contribution in [0.1, 0.15) is 12.5 Å². The summed E-state index contributed by atoms with van der Waals surface area (Å²) < 4.78 is 16.2. The van der Waals surface area contributed by atoms with Crippen LogP contribution in [0.25, 0.3) is 6.08 Å². The average Bonchev–Trinajstić information content (AvgIpc) is 2.97. The lowest BCUT2D eigenvalue weighted by molar-refractivity contribution is -0.128. The van der Waals surface area contributed by atoms with Crippen LogP contribution in [-0.2, 0) is 9.59 Å². The number of fused-ring (bicyclic) bond motifs is 1. The van der Waals surface area contributed by atoms with Crippen molar-refractivity contribution in [2.45, 2.75) is 6.92 Å². The van der Waals surface area contributed by atoms with Crippen molar-refractivity contribution in [3.63, 3.8) is 0 Å². The normalized spacial score (nSPS) is 18.4. The van der Waals surface area contributed by atoms with E-state index in [-0.39, 0.29) is 17.5 Å². The highest BCUT2D eigenvalue weighted by Gasteiger charge is 2.31. The van der Waals surface area contributed by atoms with Crippen LogP contribution < -0.4 is 19.5 Å². The third-order valence-electron chi connectivity index (χ3n) is 3.41. The summed E-state index contributed by atoms with van der Waals surface area (Å²) in [5.41, 5.74) is 0.525. The zero-order valence-corrected chi connectivity index (χ0v) is 13.4. The van der Waals surface area contributed by atoms with Crippen LogP contribution >= 0.6 is 12.2 Å². The van der Waals surface area contributed by atoms with Crippen LogP contribution in [0, 0.1) is 0 Å². The van der Waals surface area contributed by atoms with Crippen LogP contribution in [0.3, 0.4) is 0 Å². The molecule has 0 saturated carbocycles. The first-order valence-corrected chi connectivity index (χ1v) is 7.33. The molecule has 1 aromatic carbocycles. The second-order valence-electron chi connectivity index (χ2n) is 4.86. The topological polar surface area (TPSA) is 77.1 Å². The molecule has 1 saturated heterocycles. The van der Waals surface area contributed by atoms with Gasteiger partial charge in [-0.15, -0.1) is 0 Å². The zero-order valence-electron chi connectivity index (χ0n) is 12.5. The smallest absolute Gasteiger partial charge is 0.265 e. The quantitative estimate of drug-likeness (QED) is 0.506. The molecule has 0 unspecified atom stereocenters. The van der Waals surface area contributed by atoms with Crippen LogP contribution in [0.4, 0.5) is 0 Å². The van der Waals surface area contributed by atoms with Gasteiger partial charge >= 0.3 is 0 Å². The summed E-state index contributed by atoms with van der Waals surface area (Å²) >= 11 is 4.92. The second-order valence-corrected chi connectivity index (χ2v) is 5.24. The third-order valence-corrected chi connectivity index (χ3v) is 3.79. The number of likely N-dealkylation sites (N-methyl/N-ethyl adjacent to an activating group) is 1. The Morgan fingerprint density at radius 2 is 2.04 bits per heavy atom. The van der Waals surface area contributed by atoms with Gasteiger partial charge < -0.3 is 14.2 Å². The maximum atomic E-state index is 12.3. The number of amides is 2. The lowest BCUT2D eigenvalue weighted by atomic mass is 10.1. The van der Waals surface area contributed by atoms with Gasteiger partial charge in [-0.05, 0) is 31.3 Å². The average molecular weight is 334 g/mol. The molecule has 2 aliphatic rings. The summed E-state index contributed by atoms with van der Waals surface area (Å²) in [7, 11) is 1.50. The van der Waals surface area contributed by atoms with Crippen molar-refractivity contribution >= 4 is 35.2 Å². The van der Waals surface area contributed by atoms with Crippen LogP contribution in [-0.4, -0.2) is 42.3 Å². The SMILES string of the molecule is CCOc1cc2c(cc1C=C1C(=O)NC(=S)N(C)C1=O)OCO2. The van der Waals surface area contributed by atoms with Crippen LogP contribution in [0.15, 0.2) is 17.7 Å². The first-order valence-electron chi connectivity index (χ1n) is 6.92. The summed E-state index contributed by atoms with van der Waals surface area (Å²) in [6, 6.07) is 3.35. The van der Waals surface area contributed by atoms with Crippen LogP contribution in [0.2, 0.25) is 0 Å². The van der Waals surface area contributed by atoms with Gasteiger partial charge in [0.1, 0.15) is 11.3 Å². The Morgan fingerprint density at radius 1 is 1.35 bits per heavy atom. The molecule has 8 heteroatoms. The maximum absolute atomic E-state index is 12.3. The first kappa shape index (κ1) is 15.3. The Hall–Kier alpha value is -2.61. The zero-order chi connectivity index (χ0) is 16.6. The molecular formula is C15H14N2O5S. The fourth-order valence-corrected chi connectivity index (χ4v) is 2.41. The summed E-state index contributed by atoms with van der Waals surface area (Å²) in [5, 5.41) is 2.54. The molecule has 0 spiro atoms. The van der Waals surface area contributed by atoms with Gasteiger partial charge in [0, 0.05) is 18.7 Å². The molecule has 0 radical (unpaired) electrons. The summed E-state index contributed by atoms with van der Waals surface area (Å²) in [6.07, 6.45) is 1.46. The summed E-state index contributed by atoms with van der Waals surface area (Å²) in [4.78, 5) is 25.5. The van der Waals surface area contributed by atoms with Crippen molar-refractivity contribution in [1.29, 1.82) is 0 Å². The van der Waals surface area contributed by atoms with E-state index < -0.39 is 11.8 Å². The minimum atomic E-state index is -0.543. The van der Waals surface area contributed by atoms with E-state index in [0.29, 0.717) is 29.4 Å². The summed E-state index contributed by atoms with van der Waals surface area (Å²) in [5.74, 6) is 0.582. The molecule has 3 rings (SSSR count). The number of thiocarbonyl (C=S) groups is 1. The third kappa shape index (κ3) is 2.72. The lowest BCUT2D eigenvalue weighted by Gasteiger charge is -2.25. The summed E-state index contributed by atoms with van der Waals surface area (Å²) in [6.45, 7) is 2.39. The number of rotatable bonds is 3. The minimum Gasteiger partial charge on any atom is -0.493 e. The number of hydrogen-bond donors (Lipinski definition) is 1. The predicted molar refractivity (Wildman–Crippen MR) is 85.2 cm³/mol. The molecule has 0 aromatic heterocycles. The fraction of sp³-hybridized carbons (Fsp3) is 0.267. The second kappa shape index (κ2) is 5.88. The molecule has 7 nitrogen and oxygen atoms in total. The van der Waals surface area contributed by atoms with Gasteiger partial charge in [-0.3, -0.25) is 19.8 Å². The Balaban J connectivity index is 2.05. The highest BCUT2D eigenvalue weighted by atomic mass is 32.1. The maximum Gasteiger partial charge on any atom is 0.265 e. The largest absolute Gasteiger partial charge is 0.493 e. The lowest BCUT2D eigenvalue weighted by Crippen LogP contribution is -2.52. The van der Waals surface area contributed by atoms with Crippen molar-refractivity contribution in [3.05, 3.63) is 23.3 Å². The molecular weight excluding hydrogens is 320 g/mol. The van der Waals surface area contributed by atoms with E-state index >= 15 is 0 Å². The Labute approximate surface area is 137 Å². The number of hydrogen-bond acceptors (Lipinski definition) is 6. The van der Waals surface area contributed by atoms with Crippen molar-refractivity contribution in [1.82, 2.24) is 10.2 Å². The van der Waals surface area contributed by atoms with Crippen molar-refractivity contribution < 1.29 is 23.8 Å². The number of benzene rings is 1. The molecule has 0 aliphatic carbocycles. The molecule has 23 heavy (non-hydrogen) atoms. The van der Waals surface area contributed by atoms with Crippen molar-refractivity contribution in [2.75, 3.05) is 20.4 Å². The minimum absolute atomic E-state index is 0.0269. The number of nitrogens with one attached hydrogen (secondary N) is 1. The highest BCUT2D eigenvalue weighted by molar-refractivity contribution is 7.80. The Morgan fingerprint density at radius 3 is 2.74 bits per heavy atom. The van der Waals surface area contributed by atoms with E-state index in [9.17, 15) is 9.59 Å². The molecule has 1 fully saturated rings. The van der Waals surface area contributed by atoms with Gasteiger partial charge in [0.05, 0.1) is 6.61 Å².